The normalized spacial score (nSPS) is 10.6. The van der Waals surface area contributed by atoms with Crippen molar-refractivity contribution in [2.75, 3.05) is 13.0 Å². The van der Waals surface area contributed by atoms with E-state index in [1.165, 1.54) is 25.3 Å². The van der Waals surface area contributed by atoms with Crippen molar-refractivity contribution in [3.05, 3.63) is 34.2 Å². The van der Waals surface area contributed by atoms with Crippen LogP contribution in [0, 0.1) is 0 Å². The molecule has 1 heterocycles. The highest BCUT2D eigenvalue weighted by atomic mass is 35.5. The Morgan fingerprint density at radius 1 is 1.50 bits per heavy atom. The number of carbonyl (C=O) groups is 1. The number of aromatic hydroxyl groups is 1. The summed E-state index contributed by atoms with van der Waals surface area (Å²) in [4.78, 5) is 22.7. The summed E-state index contributed by atoms with van der Waals surface area (Å²) >= 11 is 5.46. The van der Waals surface area contributed by atoms with Crippen LogP contribution in [-0.2, 0) is 0 Å². The highest BCUT2D eigenvalue weighted by Crippen LogP contribution is 2.37. The van der Waals surface area contributed by atoms with Gasteiger partial charge in [-0.2, -0.15) is 0 Å². The maximum Gasteiger partial charge on any atom is 0.336 e. The van der Waals surface area contributed by atoms with Crippen molar-refractivity contribution in [1.82, 2.24) is 0 Å². The van der Waals surface area contributed by atoms with Gasteiger partial charge in [0.15, 0.2) is 17.1 Å². The number of hydrogen-bond donors (Lipinski definition) is 1. The fraction of sp³-hybridized carbons (Fsp3) is 0.167. The second-order valence-electron chi connectivity index (χ2n) is 3.54. The van der Waals surface area contributed by atoms with Crippen LogP contribution in [-0.4, -0.2) is 23.9 Å². The topological polar surface area (TPSA) is 76.7 Å². The van der Waals surface area contributed by atoms with Gasteiger partial charge in [0, 0.05) is 11.5 Å². The Balaban J connectivity index is 2.86. The molecule has 0 fully saturated rings. The fourth-order valence-corrected chi connectivity index (χ4v) is 1.79. The summed E-state index contributed by atoms with van der Waals surface area (Å²) in [5.74, 6) is -1.15. The monoisotopic (exact) mass is 268 g/mol. The number of Topliss-reactive ketones (excluding diaryl/α,β-unsaturated/α-hetero) is 1. The van der Waals surface area contributed by atoms with Crippen molar-refractivity contribution in [1.29, 1.82) is 0 Å². The smallest absolute Gasteiger partial charge is 0.336 e. The van der Waals surface area contributed by atoms with E-state index in [4.69, 9.17) is 20.8 Å². The summed E-state index contributed by atoms with van der Waals surface area (Å²) in [7, 11) is 1.30. The average molecular weight is 269 g/mol. The Morgan fingerprint density at radius 3 is 2.83 bits per heavy atom. The number of rotatable bonds is 3. The Morgan fingerprint density at radius 2 is 2.22 bits per heavy atom. The Bertz CT molecular complexity index is 674. The molecule has 1 aromatic heterocycles. The Hall–Kier alpha value is -2.01. The Kier molecular flexibility index (Phi) is 3.25. The molecule has 0 atom stereocenters. The summed E-state index contributed by atoms with van der Waals surface area (Å²) in [5.41, 5.74) is -0.451. The van der Waals surface area contributed by atoms with E-state index in [0.717, 1.165) is 0 Å². The van der Waals surface area contributed by atoms with E-state index < -0.39 is 11.4 Å². The standard InChI is InChI=1S/C12H9ClO5/c1-17-12-10(16)7(8(14)5-13)4-6-2-3-9(15)18-11(6)12/h2-4,16H,5H2,1H3. The lowest BCUT2D eigenvalue weighted by Gasteiger charge is -2.09. The number of ether oxygens (including phenoxy) is 1. The molecule has 0 amide bonds. The predicted octanol–water partition coefficient (Wildman–Crippen LogP) is 1.93. The molecule has 5 nitrogen and oxygen atoms in total. The zero-order valence-corrected chi connectivity index (χ0v) is 10.2. The predicted molar refractivity (Wildman–Crippen MR) is 65.8 cm³/mol. The number of phenols is 1. The zero-order chi connectivity index (χ0) is 13.3. The largest absolute Gasteiger partial charge is 0.504 e. The first-order valence-electron chi connectivity index (χ1n) is 5.01. The minimum Gasteiger partial charge on any atom is -0.504 e. The molecule has 94 valence electrons. The second-order valence-corrected chi connectivity index (χ2v) is 3.80. The molecule has 2 rings (SSSR count). The van der Waals surface area contributed by atoms with E-state index >= 15 is 0 Å². The fourth-order valence-electron chi connectivity index (χ4n) is 1.65. The van der Waals surface area contributed by atoms with Gasteiger partial charge in [-0.05, 0) is 12.1 Å². The van der Waals surface area contributed by atoms with Gasteiger partial charge in [-0.25, -0.2) is 4.79 Å². The molecule has 1 N–H and O–H groups in total. The Labute approximate surface area is 107 Å². The molecule has 0 saturated heterocycles. The van der Waals surface area contributed by atoms with Crippen LogP contribution in [0.1, 0.15) is 10.4 Å². The van der Waals surface area contributed by atoms with Crippen LogP contribution in [0.4, 0.5) is 0 Å². The number of ketones is 1. The molecule has 1 aromatic carbocycles. The molecule has 0 aliphatic heterocycles. The first-order valence-corrected chi connectivity index (χ1v) is 5.55. The molecule has 0 radical (unpaired) electrons. The van der Waals surface area contributed by atoms with Crippen LogP contribution < -0.4 is 10.4 Å². The highest BCUT2D eigenvalue weighted by molar-refractivity contribution is 6.31. The molecule has 6 heteroatoms. The van der Waals surface area contributed by atoms with Gasteiger partial charge in [-0.1, -0.05) is 0 Å². The summed E-state index contributed by atoms with van der Waals surface area (Å²) in [5, 5.41) is 10.4. The second kappa shape index (κ2) is 4.70. The molecular weight excluding hydrogens is 260 g/mol. The van der Waals surface area contributed by atoms with Gasteiger partial charge in [0.1, 0.15) is 0 Å². The summed E-state index contributed by atoms with van der Waals surface area (Å²) in [6.07, 6.45) is 0. The first kappa shape index (κ1) is 12.4. The molecule has 18 heavy (non-hydrogen) atoms. The number of hydrogen-bond acceptors (Lipinski definition) is 5. The molecule has 0 aliphatic rings. The van der Waals surface area contributed by atoms with Gasteiger partial charge in [-0.3, -0.25) is 4.79 Å². The molecule has 0 unspecified atom stereocenters. The average Bonchev–Trinajstić information content (AvgIpc) is 2.37. The number of carbonyl (C=O) groups excluding carboxylic acids is 1. The van der Waals surface area contributed by atoms with Crippen LogP contribution >= 0.6 is 11.6 Å². The maximum atomic E-state index is 11.6. The summed E-state index contributed by atoms with van der Waals surface area (Å²) in [6.45, 7) is 0. The van der Waals surface area contributed by atoms with E-state index in [1.807, 2.05) is 0 Å². The van der Waals surface area contributed by atoms with Crippen molar-refractivity contribution in [2.45, 2.75) is 0 Å². The van der Waals surface area contributed by atoms with Gasteiger partial charge in [-0.15, -0.1) is 11.6 Å². The van der Waals surface area contributed by atoms with Gasteiger partial charge >= 0.3 is 5.63 Å². The van der Waals surface area contributed by atoms with Gasteiger partial charge in [0.2, 0.25) is 5.75 Å². The molecule has 0 saturated carbocycles. The van der Waals surface area contributed by atoms with Gasteiger partial charge in [0.05, 0.1) is 18.6 Å². The van der Waals surface area contributed by atoms with E-state index in [1.54, 1.807) is 0 Å². The van der Waals surface area contributed by atoms with Crippen molar-refractivity contribution in [2.24, 2.45) is 0 Å². The van der Waals surface area contributed by atoms with Crippen LogP contribution in [0.5, 0.6) is 11.5 Å². The van der Waals surface area contributed by atoms with Crippen LogP contribution in [0.25, 0.3) is 11.0 Å². The van der Waals surface area contributed by atoms with Gasteiger partial charge < -0.3 is 14.3 Å². The third-order valence-electron chi connectivity index (χ3n) is 2.47. The van der Waals surface area contributed by atoms with Crippen molar-refractivity contribution < 1.29 is 19.1 Å². The van der Waals surface area contributed by atoms with Crippen molar-refractivity contribution in [3.63, 3.8) is 0 Å². The minimum atomic E-state index is -0.573. The molecule has 0 bridgehead atoms. The molecule has 0 aliphatic carbocycles. The van der Waals surface area contributed by atoms with Crippen LogP contribution in [0.2, 0.25) is 0 Å². The summed E-state index contributed by atoms with van der Waals surface area (Å²) in [6, 6.07) is 4.10. The lowest BCUT2D eigenvalue weighted by Crippen LogP contribution is -2.03. The zero-order valence-electron chi connectivity index (χ0n) is 9.40. The molecule has 2 aromatic rings. The molecular formula is C12H9ClO5. The number of phenolic OH excluding ortho intramolecular Hbond substituents is 1. The first-order chi connectivity index (χ1) is 8.58. The van der Waals surface area contributed by atoms with E-state index in [0.29, 0.717) is 5.39 Å². The maximum absolute atomic E-state index is 11.6. The molecule has 0 spiro atoms. The van der Waals surface area contributed by atoms with E-state index in [-0.39, 0.29) is 28.5 Å². The third-order valence-corrected chi connectivity index (χ3v) is 2.71. The van der Waals surface area contributed by atoms with Crippen LogP contribution in [0.3, 0.4) is 0 Å². The number of benzene rings is 1. The van der Waals surface area contributed by atoms with Crippen molar-refractivity contribution in [3.8, 4) is 11.5 Å². The number of methoxy groups -OCH3 is 1. The number of fused-ring (bicyclic) bond motifs is 1. The third kappa shape index (κ3) is 1.93. The highest BCUT2D eigenvalue weighted by Gasteiger charge is 2.19. The lowest BCUT2D eigenvalue weighted by molar-refractivity contribution is 0.101. The number of halogens is 1. The van der Waals surface area contributed by atoms with Gasteiger partial charge in [0.25, 0.3) is 0 Å². The summed E-state index contributed by atoms with van der Waals surface area (Å²) < 4.78 is 9.92. The lowest BCUT2D eigenvalue weighted by atomic mass is 10.1. The minimum absolute atomic E-state index is 0.0307. The van der Waals surface area contributed by atoms with Crippen LogP contribution in [0.15, 0.2) is 27.4 Å². The SMILES string of the molecule is COc1c(O)c(C(=O)CCl)cc2ccc(=O)oc12. The van der Waals surface area contributed by atoms with E-state index in [2.05, 4.69) is 0 Å². The number of alkyl halides is 1. The van der Waals surface area contributed by atoms with Crippen molar-refractivity contribution >= 4 is 28.4 Å². The van der Waals surface area contributed by atoms with E-state index in [9.17, 15) is 14.7 Å². The quantitative estimate of drug-likeness (QED) is 0.523.